The lowest BCUT2D eigenvalue weighted by Crippen LogP contribution is -2.09. The predicted octanol–water partition coefficient (Wildman–Crippen LogP) is 11.8. The van der Waals surface area contributed by atoms with Crippen molar-refractivity contribution in [1.29, 1.82) is 0 Å². The van der Waals surface area contributed by atoms with E-state index in [0.29, 0.717) is 0 Å². The molecule has 9 rings (SSSR count). The molecule has 3 heteroatoms. The number of hydrogen-bond acceptors (Lipinski definition) is 3. The Morgan fingerprint density at radius 2 is 0.953 bits per heavy atom. The third-order valence-electron chi connectivity index (χ3n) is 8.46. The maximum Gasteiger partial charge on any atom is 0.143 e. The Bertz CT molecular complexity index is 2450. The van der Waals surface area contributed by atoms with Gasteiger partial charge >= 0.3 is 0 Å². The number of para-hydroxylation sites is 2. The van der Waals surface area contributed by atoms with Gasteiger partial charge in [0.1, 0.15) is 22.3 Å². The maximum atomic E-state index is 6.45. The van der Waals surface area contributed by atoms with Gasteiger partial charge in [0.25, 0.3) is 0 Å². The molecule has 0 bridgehead atoms. The van der Waals surface area contributed by atoms with E-state index in [1.807, 2.05) is 18.2 Å². The Balaban J connectivity index is 1.12. The van der Waals surface area contributed by atoms with Crippen molar-refractivity contribution in [1.82, 2.24) is 0 Å². The second-order valence-corrected chi connectivity index (χ2v) is 11.0. The molecule has 3 nitrogen and oxygen atoms in total. The largest absolute Gasteiger partial charge is 0.456 e. The summed E-state index contributed by atoms with van der Waals surface area (Å²) in [5, 5.41) is 6.87. The van der Waals surface area contributed by atoms with Crippen molar-refractivity contribution >= 4 is 71.7 Å². The highest BCUT2D eigenvalue weighted by molar-refractivity contribution is 6.15. The van der Waals surface area contributed by atoms with E-state index in [1.165, 1.54) is 5.39 Å². The average Bonchev–Trinajstić information content (AvgIpc) is 3.63. The summed E-state index contributed by atoms with van der Waals surface area (Å²) in [6, 6.07) is 53.1. The quantitative estimate of drug-likeness (QED) is 0.218. The monoisotopic (exact) mass is 551 g/mol. The summed E-state index contributed by atoms with van der Waals surface area (Å²) in [6.45, 7) is 0. The van der Waals surface area contributed by atoms with Crippen molar-refractivity contribution in [2.24, 2.45) is 0 Å². The van der Waals surface area contributed by atoms with Crippen LogP contribution >= 0.6 is 0 Å². The summed E-state index contributed by atoms with van der Waals surface area (Å²) in [6.07, 6.45) is 0. The smallest absolute Gasteiger partial charge is 0.143 e. The minimum absolute atomic E-state index is 0.878. The average molecular weight is 552 g/mol. The van der Waals surface area contributed by atoms with Crippen molar-refractivity contribution in [2.45, 2.75) is 0 Å². The van der Waals surface area contributed by atoms with Gasteiger partial charge in [-0.1, -0.05) is 84.9 Å². The lowest BCUT2D eigenvalue weighted by atomic mass is 10.0. The zero-order valence-electron chi connectivity index (χ0n) is 23.2. The van der Waals surface area contributed by atoms with Crippen molar-refractivity contribution in [2.75, 3.05) is 4.90 Å². The highest BCUT2D eigenvalue weighted by Crippen LogP contribution is 2.40. The minimum atomic E-state index is 0.878. The Labute approximate surface area is 247 Å². The fourth-order valence-electron chi connectivity index (χ4n) is 6.36. The Morgan fingerprint density at radius 1 is 0.349 bits per heavy atom. The molecule has 0 N–H and O–H groups in total. The molecule has 0 amide bonds. The van der Waals surface area contributed by atoms with Crippen molar-refractivity contribution in [3.63, 3.8) is 0 Å². The van der Waals surface area contributed by atoms with Gasteiger partial charge in [-0.25, -0.2) is 0 Å². The first-order valence-corrected chi connectivity index (χ1v) is 14.5. The van der Waals surface area contributed by atoms with E-state index in [4.69, 9.17) is 8.83 Å². The van der Waals surface area contributed by atoms with Crippen LogP contribution in [0, 0.1) is 0 Å². The standard InChI is InChI=1S/C40H25NO2/c1-2-9-29(10-3-1)41(31-20-23-34-33-12-6-7-13-37(33)42-39(34)25-31)30-18-14-26(15-19-30)28-17-21-35-36-22-16-27-8-4-5-11-32(27)40(36)43-38(35)24-28/h1-25H. The van der Waals surface area contributed by atoms with Crippen LogP contribution in [0.3, 0.4) is 0 Å². The molecule has 0 radical (unpaired) electrons. The fourth-order valence-corrected chi connectivity index (χ4v) is 6.36. The van der Waals surface area contributed by atoms with Crippen LogP contribution in [0.5, 0.6) is 0 Å². The van der Waals surface area contributed by atoms with Gasteiger partial charge in [-0.05, 0) is 77.2 Å². The molecule has 7 aromatic carbocycles. The van der Waals surface area contributed by atoms with Crippen molar-refractivity contribution in [3.8, 4) is 11.1 Å². The van der Waals surface area contributed by atoms with Crippen molar-refractivity contribution < 1.29 is 8.83 Å². The maximum absolute atomic E-state index is 6.45. The van der Waals surface area contributed by atoms with E-state index >= 15 is 0 Å². The van der Waals surface area contributed by atoms with E-state index in [2.05, 4.69) is 138 Å². The van der Waals surface area contributed by atoms with Crippen LogP contribution in [-0.4, -0.2) is 0 Å². The molecule has 0 saturated carbocycles. The predicted molar refractivity (Wildman–Crippen MR) is 179 cm³/mol. The van der Waals surface area contributed by atoms with Crippen molar-refractivity contribution in [3.05, 3.63) is 152 Å². The summed E-state index contributed by atoms with van der Waals surface area (Å²) < 4.78 is 12.7. The van der Waals surface area contributed by atoms with Gasteiger partial charge in [-0.3, -0.25) is 0 Å². The molecule has 0 saturated heterocycles. The van der Waals surface area contributed by atoms with Crippen LogP contribution in [0.1, 0.15) is 0 Å². The SMILES string of the molecule is c1ccc(N(c2ccc(-c3ccc4c(c3)oc3c5ccccc5ccc43)cc2)c2ccc3c(c2)oc2ccccc23)cc1. The third-order valence-corrected chi connectivity index (χ3v) is 8.46. The van der Waals surface area contributed by atoms with E-state index < -0.39 is 0 Å². The number of fused-ring (bicyclic) bond motifs is 8. The van der Waals surface area contributed by atoms with Gasteiger partial charge in [0.15, 0.2) is 0 Å². The zero-order valence-corrected chi connectivity index (χ0v) is 23.2. The molecule has 0 atom stereocenters. The summed E-state index contributed by atoms with van der Waals surface area (Å²) >= 11 is 0. The highest BCUT2D eigenvalue weighted by atomic mass is 16.3. The van der Waals surface area contributed by atoms with Gasteiger partial charge < -0.3 is 13.7 Å². The first-order chi connectivity index (χ1) is 21.3. The summed E-state index contributed by atoms with van der Waals surface area (Å²) in [5.41, 5.74) is 9.08. The van der Waals surface area contributed by atoms with Crippen LogP contribution in [0.25, 0.3) is 65.8 Å². The number of hydrogen-bond donors (Lipinski definition) is 0. The molecule has 0 aliphatic heterocycles. The molecule has 0 spiro atoms. The second kappa shape index (κ2) is 9.37. The molecule has 202 valence electrons. The second-order valence-electron chi connectivity index (χ2n) is 11.0. The van der Waals surface area contributed by atoms with Crippen LogP contribution in [-0.2, 0) is 0 Å². The zero-order chi connectivity index (χ0) is 28.3. The van der Waals surface area contributed by atoms with Gasteiger partial charge in [0.05, 0.1) is 0 Å². The molecule has 9 aromatic rings. The first kappa shape index (κ1) is 23.9. The molecule has 43 heavy (non-hydrogen) atoms. The van der Waals surface area contributed by atoms with Crippen LogP contribution < -0.4 is 4.90 Å². The molecule has 0 unspecified atom stereocenters. The van der Waals surface area contributed by atoms with E-state index in [0.717, 1.165) is 77.5 Å². The Morgan fingerprint density at radius 3 is 1.84 bits per heavy atom. The topological polar surface area (TPSA) is 29.5 Å². The number of nitrogens with zero attached hydrogens (tertiary/aromatic N) is 1. The number of furan rings is 2. The molecule has 2 heterocycles. The molecule has 0 fully saturated rings. The molecule has 0 aliphatic rings. The van der Waals surface area contributed by atoms with Gasteiger partial charge in [-0.15, -0.1) is 0 Å². The molecular weight excluding hydrogens is 526 g/mol. The lowest BCUT2D eigenvalue weighted by Gasteiger charge is -2.25. The molecule has 2 aromatic heterocycles. The number of benzene rings is 7. The van der Waals surface area contributed by atoms with Crippen LogP contribution in [0.2, 0.25) is 0 Å². The Hall–Kier alpha value is -5.80. The van der Waals surface area contributed by atoms with Gasteiger partial charge in [0.2, 0.25) is 0 Å². The van der Waals surface area contributed by atoms with E-state index in [9.17, 15) is 0 Å². The molecular formula is C40H25NO2. The van der Waals surface area contributed by atoms with Gasteiger partial charge in [0, 0.05) is 50.1 Å². The van der Waals surface area contributed by atoms with E-state index in [1.54, 1.807) is 0 Å². The van der Waals surface area contributed by atoms with Crippen LogP contribution in [0.15, 0.2) is 160 Å². The number of rotatable bonds is 4. The minimum Gasteiger partial charge on any atom is -0.456 e. The normalized spacial score (nSPS) is 11.7. The molecule has 0 aliphatic carbocycles. The highest BCUT2D eigenvalue weighted by Gasteiger charge is 2.16. The van der Waals surface area contributed by atoms with E-state index in [-0.39, 0.29) is 0 Å². The summed E-state index contributed by atoms with van der Waals surface area (Å²) in [4.78, 5) is 2.27. The fraction of sp³-hybridized carbons (Fsp3) is 0. The Kier molecular flexibility index (Phi) is 5.20. The summed E-state index contributed by atoms with van der Waals surface area (Å²) in [7, 11) is 0. The number of anilines is 3. The van der Waals surface area contributed by atoms with Gasteiger partial charge in [-0.2, -0.15) is 0 Å². The summed E-state index contributed by atoms with van der Waals surface area (Å²) in [5.74, 6) is 0. The first-order valence-electron chi connectivity index (χ1n) is 14.5. The van der Waals surface area contributed by atoms with Crippen LogP contribution in [0.4, 0.5) is 17.1 Å². The lowest BCUT2D eigenvalue weighted by molar-refractivity contribution is 0.669. The third kappa shape index (κ3) is 3.83.